The molecule has 0 saturated carbocycles. The molecule has 1 heterocycles. The molecule has 2 amide bonds. The second kappa shape index (κ2) is 6.93. The van der Waals surface area contributed by atoms with Crippen LogP contribution in [0.5, 0.6) is 5.75 Å². The first kappa shape index (κ1) is 16.3. The maximum atomic E-state index is 12.3. The molecule has 2 aromatic carbocycles. The predicted octanol–water partition coefficient (Wildman–Crippen LogP) is 3.62. The van der Waals surface area contributed by atoms with E-state index in [0.717, 1.165) is 5.56 Å². The largest absolute Gasteiger partial charge is 0.491 e. The van der Waals surface area contributed by atoms with Gasteiger partial charge < -0.3 is 15.4 Å². The summed E-state index contributed by atoms with van der Waals surface area (Å²) in [6.45, 7) is 2.02. The molecule has 0 bridgehead atoms. The van der Waals surface area contributed by atoms with Crippen molar-refractivity contribution in [1.82, 2.24) is 0 Å². The molecule has 1 aliphatic heterocycles. The number of fused-ring (bicyclic) bond motifs is 1. The molecule has 5 nitrogen and oxygen atoms in total. The zero-order chi connectivity index (χ0) is 17.1. The van der Waals surface area contributed by atoms with Crippen LogP contribution in [-0.2, 0) is 9.59 Å². The molecule has 0 saturated heterocycles. The topological polar surface area (TPSA) is 67.4 Å². The monoisotopic (exact) mass is 344 g/mol. The fourth-order valence-electron chi connectivity index (χ4n) is 2.54. The van der Waals surface area contributed by atoms with Gasteiger partial charge in [-0.3, -0.25) is 9.59 Å². The summed E-state index contributed by atoms with van der Waals surface area (Å²) in [7, 11) is 0. The number of amides is 2. The van der Waals surface area contributed by atoms with Crippen molar-refractivity contribution in [2.24, 2.45) is 5.92 Å². The van der Waals surface area contributed by atoms with Crippen LogP contribution >= 0.6 is 11.6 Å². The lowest BCUT2D eigenvalue weighted by atomic mass is 10.0. The van der Waals surface area contributed by atoms with Gasteiger partial charge in [0.05, 0.1) is 11.6 Å². The minimum atomic E-state index is -0.551. The number of hydrogen-bond donors (Lipinski definition) is 2. The third kappa shape index (κ3) is 3.68. The molecule has 0 radical (unpaired) electrons. The van der Waals surface area contributed by atoms with Crippen LogP contribution in [0.15, 0.2) is 42.5 Å². The molecular formula is C18H17ClN2O3. The summed E-state index contributed by atoms with van der Waals surface area (Å²) in [5.74, 6) is -0.398. The molecule has 6 heteroatoms. The van der Waals surface area contributed by atoms with Crippen molar-refractivity contribution in [3.63, 3.8) is 0 Å². The number of anilines is 2. The molecule has 24 heavy (non-hydrogen) atoms. The number of benzene rings is 2. The summed E-state index contributed by atoms with van der Waals surface area (Å²) >= 11 is 5.91. The number of hydrogen-bond acceptors (Lipinski definition) is 3. The van der Waals surface area contributed by atoms with Crippen LogP contribution in [0.3, 0.4) is 0 Å². The molecule has 3 rings (SSSR count). The molecule has 2 aromatic rings. The minimum absolute atomic E-state index is 0.0435. The van der Waals surface area contributed by atoms with Crippen molar-refractivity contribution in [3.05, 3.63) is 53.1 Å². The lowest BCUT2D eigenvalue weighted by molar-refractivity contribution is -0.125. The van der Waals surface area contributed by atoms with Crippen LogP contribution < -0.4 is 15.4 Å². The van der Waals surface area contributed by atoms with E-state index >= 15 is 0 Å². The lowest BCUT2D eigenvalue weighted by Crippen LogP contribution is -2.29. The van der Waals surface area contributed by atoms with Crippen LogP contribution in [0.25, 0.3) is 0 Å². The van der Waals surface area contributed by atoms with Crippen LogP contribution in [0.2, 0.25) is 5.02 Å². The number of aryl methyl sites for hydroxylation is 1. The van der Waals surface area contributed by atoms with E-state index in [1.165, 1.54) is 0 Å². The second-order valence-corrected chi connectivity index (χ2v) is 6.14. The van der Waals surface area contributed by atoms with Gasteiger partial charge in [-0.15, -0.1) is 0 Å². The van der Waals surface area contributed by atoms with Crippen LogP contribution in [0, 0.1) is 12.8 Å². The summed E-state index contributed by atoms with van der Waals surface area (Å²) in [5.41, 5.74) is 2.17. The fourth-order valence-corrected chi connectivity index (χ4v) is 2.77. The average molecular weight is 345 g/mol. The second-order valence-electron chi connectivity index (χ2n) is 5.70. The Morgan fingerprint density at radius 1 is 1.33 bits per heavy atom. The number of halogens is 1. The van der Waals surface area contributed by atoms with Crippen LogP contribution in [-0.4, -0.2) is 18.4 Å². The summed E-state index contributed by atoms with van der Waals surface area (Å²) in [5, 5.41) is 6.22. The Bertz CT molecular complexity index is 792. The molecule has 0 aliphatic carbocycles. The summed E-state index contributed by atoms with van der Waals surface area (Å²) in [6, 6.07) is 12.4. The van der Waals surface area contributed by atoms with Gasteiger partial charge in [0.2, 0.25) is 11.8 Å². The van der Waals surface area contributed by atoms with Gasteiger partial charge in [0.25, 0.3) is 0 Å². The molecule has 1 aliphatic rings. The van der Waals surface area contributed by atoms with Gasteiger partial charge in [-0.2, -0.15) is 0 Å². The van der Waals surface area contributed by atoms with Gasteiger partial charge >= 0.3 is 0 Å². The fraction of sp³-hybridized carbons (Fsp3) is 0.222. The molecule has 0 aromatic heterocycles. The number of rotatable bonds is 3. The number of ether oxygens (including phenoxy) is 1. The smallest absolute Gasteiger partial charge is 0.231 e. The third-order valence-electron chi connectivity index (χ3n) is 3.85. The normalized spacial score (nSPS) is 16.4. The van der Waals surface area contributed by atoms with Crippen molar-refractivity contribution in [2.75, 3.05) is 17.2 Å². The molecule has 1 unspecified atom stereocenters. The predicted molar refractivity (Wildman–Crippen MR) is 93.5 cm³/mol. The highest BCUT2D eigenvalue weighted by atomic mass is 35.5. The molecule has 1 atom stereocenters. The van der Waals surface area contributed by atoms with Crippen LogP contribution in [0.4, 0.5) is 11.4 Å². The molecule has 124 valence electrons. The Morgan fingerprint density at radius 3 is 2.92 bits per heavy atom. The van der Waals surface area contributed by atoms with Gasteiger partial charge in [0.1, 0.15) is 12.4 Å². The van der Waals surface area contributed by atoms with Crippen LogP contribution in [0.1, 0.15) is 12.0 Å². The first-order chi connectivity index (χ1) is 11.5. The van der Waals surface area contributed by atoms with E-state index in [0.29, 0.717) is 22.1 Å². The van der Waals surface area contributed by atoms with E-state index in [9.17, 15) is 9.59 Å². The first-order valence-electron chi connectivity index (χ1n) is 7.61. The lowest BCUT2D eigenvalue weighted by Gasteiger charge is -2.14. The SMILES string of the molecule is Cc1cc(Cl)ccc1NC(=O)CC1COc2ccccc2NC1=O. The Labute approximate surface area is 145 Å². The maximum absolute atomic E-state index is 12.3. The molecular weight excluding hydrogens is 328 g/mol. The number of carbonyl (C=O) groups is 2. The Balaban J connectivity index is 1.65. The van der Waals surface area contributed by atoms with E-state index in [1.54, 1.807) is 30.3 Å². The summed E-state index contributed by atoms with van der Waals surface area (Å²) < 4.78 is 5.64. The Kier molecular flexibility index (Phi) is 4.71. The molecule has 0 fully saturated rings. The zero-order valence-corrected chi connectivity index (χ0v) is 13.9. The first-order valence-corrected chi connectivity index (χ1v) is 7.99. The molecule has 2 N–H and O–H groups in total. The Hall–Kier alpha value is -2.53. The van der Waals surface area contributed by atoms with Gasteiger partial charge in [-0.1, -0.05) is 23.7 Å². The van der Waals surface area contributed by atoms with Crippen molar-refractivity contribution in [1.29, 1.82) is 0 Å². The third-order valence-corrected chi connectivity index (χ3v) is 4.09. The van der Waals surface area contributed by atoms with E-state index < -0.39 is 5.92 Å². The molecule has 0 spiro atoms. The maximum Gasteiger partial charge on any atom is 0.231 e. The number of para-hydroxylation sites is 2. The van der Waals surface area contributed by atoms with Gasteiger partial charge in [-0.05, 0) is 42.8 Å². The highest BCUT2D eigenvalue weighted by Crippen LogP contribution is 2.28. The van der Waals surface area contributed by atoms with Crippen molar-refractivity contribution >= 4 is 34.8 Å². The van der Waals surface area contributed by atoms with E-state index in [4.69, 9.17) is 16.3 Å². The average Bonchev–Trinajstić information content (AvgIpc) is 2.70. The van der Waals surface area contributed by atoms with Crippen molar-refractivity contribution in [2.45, 2.75) is 13.3 Å². The van der Waals surface area contributed by atoms with E-state index in [1.807, 2.05) is 19.1 Å². The number of nitrogens with one attached hydrogen (secondary N) is 2. The van der Waals surface area contributed by atoms with Crippen molar-refractivity contribution in [3.8, 4) is 5.75 Å². The minimum Gasteiger partial charge on any atom is -0.491 e. The highest BCUT2D eigenvalue weighted by molar-refractivity contribution is 6.30. The standard InChI is InChI=1S/C18H17ClN2O3/c1-11-8-13(19)6-7-14(11)20-17(22)9-12-10-24-16-5-3-2-4-15(16)21-18(12)23/h2-8,12H,9-10H2,1H3,(H,20,22)(H,21,23). The number of carbonyl (C=O) groups excluding carboxylic acids is 2. The Morgan fingerprint density at radius 2 is 2.12 bits per heavy atom. The summed E-state index contributed by atoms with van der Waals surface area (Å²) in [6.07, 6.45) is 0.0435. The van der Waals surface area contributed by atoms with E-state index in [-0.39, 0.29) is 24.8 Å². The zero-order valence-electron chi connectivity index (χ0n) is 13.1. The van der Waals surface area contributed by atoms with Gasteiger partial charge in [0, 0.05) is 17.1 Å². The highest BCUT2D eigenvalue weighted by Gasteiger charge is 2.27. The summed E-state index contributed by atoms with van der Waals surface area (Å²) in [4.78, 5) is 24.6. The van der Waals surface area contributed by atoms with Crippen molar-refractivity contribution < 1.29 is 14.3 Å². The van der Waals surface area contributed by atoms with Gasteiger partial charge in [-0.25, -0.2) is 0 Å². The van der Waals surface area contributed by atoms with E-state index in [2.05, 4.69) is 10.6 Å². The quantitative estimate of drug-likeness (QED) is 0.893. The van der Waals surface area contributed by atoms with Gasteiger partial charge in [0.15, 0.2) is 0 Å².